The molecular weight excluding hydrogens is 396 g/mol. The zero-order valence-corrected chi connectivity index (χ0v) is 16.5. The minimum atomic E-state index is -0.484. The Labute approximate surface area is 170 Å². The Hall–Kier alpha value is -3.40. The van der Waals surface area contributed by atoms with Gasteiger partial charge in [-0.2, -0.15) is 0 Å². The highest BCUT2D eigenvalue weighted by Crippen LogP contribution is 2.42. The lowest BCUT2D eigenvalue weighted by Crippen LogP contribution is -2.25. The smallest absolute Gasteiger partial charge is 0.269 e. The lowest BCUT2D eigenvalue weighted by atomic mass is 10.2. The summed E-state index contributed by atoms with van der Waals surface area (Å²) < 4.78 is 5.92. The predicted octanol–water partition coefficient (Wildman–Crippen LogP) is 3.17. The third kappa shape index (κ3) is 4.91. The molecule has 0 spiro atoms. The average Bonchev–Trinajstić information content (AvgIpc) is 3.10. The maximum Gasteiger partial charge on any atom is 0.269 e. The summed E-state index contributed by atoms with van der Waals surface area (Å²) in [4.78, 5) is 33.7. The van der Waals surface area contributed by atoms with E-state index in [1.165, 1.54) is 42.8 Å². The monoisotopic (exact) mass is 414 g/mol. The minimum absolute atomic E-state index is 0.0104. The first kappa shape index (κ1) is 20.3. The molecule has 0 saturated carbocycles. The topological polar surface area (TPSA) is 114 Å². The molecule has 1 aliphatic heterocycles. The van der Waals surface area contributed by atoms with Gasteiger partial charge in [0.05, 0.1) is 4.92 Å². The Bertz CT molecular complexity index is 977. The predicted molar refractivity (Wildman–Crippen MR) is 108 cm³/mol. The Kier molecular flexibility index (Phi) is 6.13. The number of nitrogens with one attached hydrogen (secondary N) is 1. The molecule has 1 atom stereocenters. The normalized spacial score (nSPS) is 15.6. The van der Waals surface area contributed by atoms with Crippen molar-refractivity contribution in [2.75, 3.05) is 0 Å². The van der Waals surface area contributed by atoms with E-state index in [0.29, 0.717) is 10.9 Å². The van der Waals surface area contributed by atoms with E-state index in [2.05, 4.69) is 10.4 Å². The first-order valence-corrected chi connectivity index (χ1v) is 9.51. The molecule has 0 aliphatic carbocycles. The fraction of sp³-hybridized carbons (Fsp3) is 0.211. The SMILES string of the molecule is CC(=O)NC1=NN(C(C)=O)[C@@H](c2ccccc2OCc2ccc([N+](=O)[O-])cc2)S1. The van der Waals surface area contributed by atoms with E-state index in [9.17, 15) is 19.7 Å². The van der Waals surface area contributed by atoms with Crippen molar-refractivity contribution in [3.63, 3.8) is 0 Å². The molecule has 0 saturated heterocycles. The van der Waals surface area contributed by atoms with Crippen LogP contribution in [0.4, 0.5) is 5.69 Å². The van der Waals surface area contributed by atoms with Gasteiger partial charge < -0.3 is 10.1 Å². The van der Waals surface area contributed by atoms with Crippen LogP contribution in [0.2, 0.25) is 0 Å². The number of rotatable bonds is 5. The number of hydrazone groups is 1. The van der Waals surface area contributed by atoms with Crippen LogP contribution in [-0.2, 0) is 16.2 Å². The van der Waals surface area contributed by atoms with Gasteiger partial charge in [0.15, 0.2) is 5.17 Å². The molecule has 0 radical (unpaired) electrons. The summed E-state index contributed by atoms with van der Waals surface area (Å²) in [7, 11) is 0. The molecule has 0 unspecified atom stereocenters. The third-order valence-electron chi connectivity index (χ3n) is 3.98. The van der Waals surface area contributed by atoms with Crippen LogP contribution < -0.4 is 10.1 Å². The first-order valence-electron chi connectivity index (χ1n) is 8.63. The summed E-state index contributed by atoms with van der Waals surface area (Å²) in [5.74, 6) is 0.00464. The van der Waals surface area contributed by atoms with Crippen LogP contribution >= 0.6 is 11.8 Å². The van der Waals surface area contributed by atoms with Gasteiger partial charge in [0, 0.05) is 31.5 Å². The number of benzene rings is 2. The van der Waals surface area contributed by atoms with Gasteiger partial charge in [-0.15, -0.1) is 5.10 Å². The number of nitro benzene ring substituents is 1. The van der Waals surface area contributed by atoms with Gasteiger partial charge in [-0.3, -0.25) is 19.7 Å². The van der Waals surface area contributed by atoms with Gasteiger partial charge in [-0.1, -0.05) is 30.0 Å². The van der Waals surface area contributed by atoms with E-state index in [1.54, 1.807) is 18.2 Å². The molecule has 0 fully saturated rings. The highest BCUT2D eigenvalue weighted by Gasteiger charge is 2.34. The van der Waals surface area contributed by atoms with Gasteiger partial charge in [0.25, 0.3) is 5.69 Å². The minimum Gasteiger partial charge on any atom is -0.489 e. The van der Waals surface area contributed by atoms with Crippen molar-refractivity contribution in [2.24, 2.45) is 5.10 Å². The van der Waals surface area contributed by atoms with Crippen molar-refractivity contribution in [3.8, 4) is 5.75 Å². The summed E-state index contributed by atoms with van der Waals surface area (Å²) in [5, 5.41) is 18.7. The fourth-order valence-corrected chi connectivity index (χ4v) is 3.82. The van der Waals surface area contributed by atoms with Gasteiger partial charge >= 0.3 is 0 Å². The van der Waals surface area contributed by atoms with Gasteiger partial charge in [0.2, 0.25) is 11.8 Å². The third-order valence-corrected chi connectivity index (χ3v) is 5.06. The van der Waals surface area contributed by atoms with E-state index in [1.807, 2.05) is 18.2 Å². The van der Waals surface area contributed by atoms with Crippen molar-refractivity contribution in [3.05, 3.63) is 69.8 Å². The molecule has 10 heteroatoms. The average molecular weight is 414 g/mol. The second-order valence-corrected chi connectivity index (χ2v) is 7.24. The number of ether oxygens (including phenoxy) is 1. The summed E-state index contributed by atoms with van der Waals surface area (Å²) in [6.45, 7) is 2.97. The number of carbonyl (C=O) groups is 2. The number of carbonyl (C=O) groups excluding carboxylic acids is 2. The first-order chi connectivity index (χ1) is 13.8. The lowest BCUT2D eigenvalue weighted by molar-refractivity contribution is -0.384. The molecule has 150 valence electrons. The second kappa shape index (κ2) is 8.74. The van der Waals surface area contributed by atoms with Crippen LogP contribution in [0.25, 0.3) is 0 Å². The zero-order chi connectivity index (χ0) is 21.0. The van der Waals surface area contributed by atoms with E-state index < -0.39 is 10.3 Å². The molecule has 2 aromatic rings. The van der Waals surface area contributed by atoms with Crippen molar-refractivity contribution in [2.45, 2.75) is 25.8 Å². The van der Waals surface area contributed by atoms with E-state index in [4.69, 9.17) is 4.74 Å². The summed E-state index contributed by atoms with van der Waals surface area (Å²) >= 11 is 1.24. The number of non-ortho nitro benzene ring substituents is 1. The lowest BCUT2D eigenvalue weighted by Gasteiger charge is -2.21. The van der Waals surface area contributed by atoms with Crippen LogP contribution in [0.3, 0.4) is 0 Å². The number of amidine groups is 1. The second-order valence-electron chi connectivity index (χ2n) is 6.17. The molecule has 3 rings (SSSR count). The highest BCUT2D eigenvalue weighted by atomic mass is 32.2. The number of thioether (sulfide) groups is 1. The number of nitrogens with zero attached hydrogens (tertiary/aromatic N) is 3. The van der Waals surface area contributed by atoms with Crippen LogP contribution in [0.1, 0.15) is 30.3 Å². The van der Waals surface area contributed by atoms with Crippen LogP contribution in [-0.4, -0.2) is 26.9 Å². The van der Waals surface area contributed by atoms with Crippen molar-refractivity contribution < 1.29 is 19.2 Å². The molecule has 1 aliphatic rings. The Morgan fingerprint density at radius 3 is 2.52 bits per heavy atom. The largest absolute Gasteiger partial charge is 0.489 e. The standard InChI is InChI=1S/C19H18N4O5S/c1-12(24)20-19-21-22(13(2)25)18(29-19)16-5-3-4-6-17(16)28-11-14-7-9-15(10-8-14)23(26)27/h3-10,18H,11H2,1-2H3,(H,20,21,24)/t18-/m1/s1. The van der Waals surface area contributed by atoms with E-state index in [-0.39, 0.29) is 24.1 Å². The van der Waals surface area contributed by atoms with Crippen molar-refractivity contribution >= 4 is 34.4 Å². The Balaban J connectivity index is 1.78. The summed E-state index contributed by atoms with van der Waals surface area (Å²) in [6.07, 6.45) is 0. The molecule has 0 aromatic heterocycles. The van der Waals surface area contributed by atoms with Crippen LogP contribution in [0.5, 0.6) is 5.75 Å². The molecular formula is C19H18N4O5S. The maximum absolute atomic E-state index is 12.0. The number of nitro groups is 1. The Morgan fingerprint density at radius 2 is 1.90 bits per heavy atom. The molecule has 29 heavy (non-hydrogen) atoms. The molecule has 0 bridgehead atoms. The molecule has 2 amide bonds. The number of hydrogen-bond acceptors (Lipinski definition) is 7. The van der Waals surface area contributed by atoms with Gasteiger partial charge in [-0.25, -0.2) is 5.01 Å². The zero-order valence-electron chi connectivity index (χ0n) is 15.7. The van der Waals surface area contributed by atoms with E-state index >= 15 is 0 Å². The summed E-state index contributed by atoms with van der Waals surface area (Å²) in [5.41, 5.74) is 1.50. The fourth-order valence-electron chi connectivity index (χ4n) is 2.66. The van der Waals surface area contributed by atoms with E-state index in [0.717, 1.165) is 11.1 Å². The molecule has 2 aromatic carbocycles. The molecule has 1 heterocycles. The molecule has 9 nitrogen and oxygen atoms in total. The molecule has 1 N–H and O–H groups in total. The van der Waals surface area contributed by atoms with Crippen LogP contribution in [0, 0.1) is 10.1 Å². The van der Waals surface area contributed by atoms with Gasteiger partial charge in [0.1, 0.15) is 17.7 Å². The number of para-hydroxylation sites is 1. The van der Waals surface area contributed by atoms with Crippen LogP contribution in [0.15, 0.2) is 53.6 Å². The Morgan fingerprint density at radius 1 is 1.21 bits per heavy atom. The quantitative estimate of drug-likeness (QED) is 0.594. The highest BCUT2D eigenvalue weighted by molar-refractivity contribution is 8.14. The van der Waals surface area contributed by atoms with Crippen molar-refractivity contribution in [1.29, 1.82) is 0 Å². The maximum atomic E-state index is 12.0. The summed E-state index contributed by atoms with van der Waals surface area (Å²) in [6, 6.07) is 13.3. The number of amides is 2. The van der Waals surface area contributed by atoms with Gasteiger partial charge in [-0.05, 0) is 23.8 Å². The number of hydrogen-bond donors (Lipinski definition) is 1. The van der Waals surface area contributed by atoms with Crippen molar-refractivity contribution in [1.82, 2.24) is 10.3 Å².